The molecule has 0 unspecified atom stereocenters. The molecule has 57 heavy (non-hydrogen) atoms. The van der Waals surface area contributed by atoms with Crippen molar-refractivity contribution in [1.29, 1.82) is 0 Å². The van der Waals surface area contributed by atoms with Crippen LogP contribution in [0.4, 0.5) is 0 Å². The van der Waals surface area contributed by atoms with E-state index in [1.165, 1.54) is 21.5 Å². The Morgan fingerprint density at radius 3 is 1.60 bits per heavy atom. The summed E-state index contributed by atoms with van der Waals surface area (Å²) in [4.78, 5) is 24.6. The zero-order chi connectivity index (χ0) is 37.5. The lowest BCUT2D eigenvalue weighted by Crippen LogP contribution is -2.01. The van der Waals surface area contributed by atoms with Gasteiger partial charge in [-0.25, -0.2) is 24.9 Å². The molecule has 0 aliphatic rings. The van der Waals surface area contributed by atoms with Crippen LogP contribution in [0.3, 0.4) is 0 Å². The third kappa shape index (κ3) is 4.81. The lowest BCUT2D eigenvalue weighted by atomic mass is 10.0. The topological polar surface area (TPSA) is 74.3 Å². The van der Waals surface area contributed by atoms with E-state index in [1.54, 1.807) is 17.7 Å². The molecular weight excluding hydrogens is 719 g/mol. The van der Waals surface area contributed by atoms with E-state index in [0.717, 1.165) is 70.4 Å². The highest BCUT2D eigenvalue weighted by Gasteiger charge is 2.27. The van der Waals surface area contributed by atoms with Crippen molar-refractivity contribution in [2.45, 2.75) is 0 Å². The van der Waals surface area contributed by atoms with Crippen LogP contribution in [0.25, 0.3) is 109 Å². The highest BCUT2D eigenvalue weighted by molar-refractivity contribution is 7.26. The van der Waals surface area contributed by atoms with Crippen molar-refractivity contribution in [3.05, 3.63) is 176 Å². The van der Waals surface area contributed by atoms with Crippen LogP contribution in [0.1, 0.15) is 0 Å². The van der Waals surface area contributed by atoms with Gasteiger partial charge in [-0.05, 0) is 36.4 Å². The first-order chi connectivity index (χ1) is 28.3. The standard InChI is InChI=1S/C49H29N7S/c1-4-15-30(16-5-1)47-52-48(31-17-6-2-7-18-31)54-49(53-47)32-19-14-22-34(27-32)56-38-26-13-11-24-36(38)41-40-35-23-10-12-25-37(35)55(33-20-8-3-9-21-33)44(40)42-43-39(28-50-29-51-43)57-46(42)45(41)56/h1-29H. The van der Waals surface area contributed by atoms with Gasteiger partial charge in [0.05, 0.1) is 37.0 Å². The van der Waals surface area contributed by atoms with E-state index in [1.807, 2.05) is 66.9 Å². The zero-order valence-corrected chi connectivity index (χ0v) is 31.1. The molecule has 0 bridgehead atoms. The van der Waals surface area contributed by atoms with Gasteiger partial charge in [-0.15, -0.1) is 11.3 Å². The fourth-order valence-electron chi connectivity index (χ4n) is 8.51. The average molecular weight is 748 g/mol. The van der Waals surface area contributed by atoms with Gasteiger partial charge in [0.15, 0.2) is 17.5 Å². The molecular formula is C49H29N7S. The smallest absolute Gasteiger partial charge is 0.164 e. The van der Waals surface area contributed by atoms with E-state index in [9.17, 15) is 0 Å². The maximum atomic E-state index is 5.08. The van der Waals surface area contributed by atoms with Gasteiger partial charge in [-0.2, -0.15) is 0 Å². The molecule has 0 aliphatic carbocycles. The number of benzene rings is 7. The summed E-state index contributed by atoms with van der Waals surface area (Å²) in [6.45, 7) is 0. The molecule has 5 aromatic heterocycles. The number of fused-ring (bicyclic) bond motifs is 12. The third-order valence-corrected chi connectivity index (χ3v) is 12.0. The second-order valence-electron chi connectivity index (χ2n) is 14.1. The summed E-state index contributed by atoms with van der Waals surface area (Å²) in [5.74, 6) is 1.87. The van der Waals surface area contributed by atoms with Gasteiger partial charge in [0, 0.05) is 61.2 Å². The molecule has 0 radical (unpaired) electrons. The van der Waals surface area contributed by atoms with Crippen LogP contribution in [0.2, 0.25) is 0 Å². The highest BCUT2D eigenvalue weighted by Crippen LogP contribution is 2.50. The Balaban J connectivity index is 1.20. The molecule has 0 fully saturated rings. The molecule has 0 saturated heterocycles. The minimum Gasteiger partial charge on any atom is -0.308 e. The molecule has 7 nitrogen and oxygen atoms in total. The molecule has 7 aromatic carbocycles. The van der Waals surface area contributed by atoms with E-state index < -0.39 is 0 Å². The molecule has 0 saturated carbocycles. The molecule has 12 rings (SSSR count). The number of hydrogen-bond donors (Lipinski definition) is 0. The monoisotopic (exact) mass is 747 g/mol. The Morgan fingerprint density at radius 2 is 0.947 bits per heavy atom. The predicted molar refractivity (Wildman–Crippen MR) is 233 cm³/mol. The molecule has 5 heterocycles. The molecule has 0 aliphatic heterocycles. The van der Waals surface area contributed by atoms with Crippen LogP contribution < -0.4 is 0 Å². The lowest BCUT2D eigenvalue weighted by Gasteiger charge is -2.13. The maximum absolute atomic E-state index is 5.08. The number of para-hydroxylation sites is 3. The highest BCUT2D eigenvalue weighted by atomic mass is 32.1. The second kappa shape index (κ2) is 12.5. The average Bonchev–Trinajstić information content (AvgIpc) is 3.95. The Labute approximate surface area is 329 Å². The number of aromatic nitrogens is 7. The van der Waals surface area contributed by atoms with E-state index in [-0.39, 0.29) is 0 Å². The predicted octanol–water partition coefficient (Wildman–Crippen LogP) is 12.2. The Morgan fingerprint density at radius 1 is 0.439 bits per heavy atom. The Hall–Kier alpha value is -7.55. The molecule has 0 spiro atoms. The van der Waals surface area contributed by atoms with Crippen molar-refractivity contribution < 1.29 is 0 Å². The number of rotatable bonds is 5. The first-order valence-corrected chi connectivity index (χ1v) is 19.7. The summed E-state index contributed by atoms with van der Waals surface area (Å²) in [5.41, 5.74) is 10.4. The Kier molecular flexibility index (Phi) is 6.96. The third-order valence-electron chi connectivity index (χ3n) is 10.9. The quantitative estimate of drug-likeness (QED) is 0.175. The van der Waals surface area contributed by atoms with Crippen molar-refractivity contribution >= 4 is 75.3 Å². The van der Waals surface area contributed by atoms with Gasteiger partial charge < -0.3 is 9.13 Å². The largest absolute Gasteiger partial charge is 0.308 e. The minimum atomic E-state index is 0.612. The zero-order valence-electron chi connectivity index (χ0n) is 30.3. The first kappa shape index (κ1) is 31.8. The summed E-state index contributed by atoms with van der Waals surface area (Å²) in [7, 11) is 0. The van der Waals surface area contributed by atoms with E-state index in [4.69, 9.17) is 19.9 Å². The van der Waals surface area contributed by atoms with Crippen molar-refractivity contribution in [2.24, 2.45) is 0 Å². The summed E-state index contributed by atoms with van der Waals surface area (Å²) < 4.78 is 7.05. The van der Waals surface area contributed by atoms with Crippen LogP contribution in [-0.2, 0) is 0 Å². The first-order valence-electron chi connectivity index (χ1n) is 18.8. The summed E-state index contributed by atoms with van der Waals surface area (Å²) in [6, 6.07) is 57.0. The molecule has 0 N–H and O–H groups in total. The minimum absolute atomic E-state index is 0.612. The number of nitrogens with zero attached hydrogens (tertiary/aromatic N) is 7. The van der Waals surface area contributed by atoms with Crippen LogP contribution in [0, 0.1) is 0 Å². The number of hydrogen-bond acceptors (Lipinski definition) is 6. The van der Waals surface area contributed by atoms with E-state index in [0.29, 0.717) is 17.5 Å². The van der Waals surface area contributed by atoms with Crippen molar-refractivity contribution in [2.75, 3.05) is 0 Å². The lowest BCUT2D eigenvalue weighted by molar-refractivity contribution is 1.07. The SMILES string of the molecule is c1ccc(-c2nc(-c3ccccc3)nc(-c3cccc(-n4c5ccccc5c5c6c7ccccc7n(-c7ccccc7)c6c6c7ncncc7sc6c54)c3)n2)cc1. The van der Waals surface area contributed by atoms with E-state index >= 15 is 0 Å². The van der Waals surface area contributed by atoms with Gasteiger partial charge in [-0.1, -0.05) is 127 Å². The molecule has 8 heteroatoms. The van der Waals surface area contributed by atoms with Crippen molar-refractivity contribution in [3.63, 3.8) is 0 Å². The molecule has 266 valence electrons. The summed E-state index contributed by atoms with van der Waals surface area (Å²) in [6.07, 6.45) is 3.62. The maximum Gasteiger partial charge on any atom is 0.164 e. The fraction of sp³-hybridized carbons (Fsp3) is 0. The van der Waals surface area contributed by atoms with Gasteiger partial charge >= 0.3 is 0 Å². The van der Waals surface area contributed by atoms with Crippen LogP contribution in [0.15, 0.2) is 176 Å². The van der Waals surface area contributed by atoms with Gasteiger partial charge in [0.25, 0.3) is 0 Å². The normalized spacial score (nSPS) is 11.9. The molecule has 0 atom stereocenters. The van der Waals surface area contributed by atoms with Gasteiger partial charge in [0.1, 0.15) is 6.33 Å². The van der Waals surface area contributed by atoms with Crippen LogP contribution in [-0.4, -0.2) is 34.1 Å². The molecule has 0 amide bonds. The Bertz CT molecular complexity index is 3460. The molecule has 12 aromatic rings. The fourth-order valence-corrected chi connectivity index (χ4v) is 9.68. The summed E-state index contributed by atoms with van der Waals surface area (Å²) in [5, 5.41) is 5.92. The second-order valence-corrected chi connectivity index (χ2v) is 15.2. The number of thiophene rings is 1. The van der Waals surface area contributed by atoms with Gasteiger partial charge in [0.2, 0.25) is 0 Å². The van der Waals surface area contributed by atoms with E-state index in [2.05, 4.69) is 117 Å². The van der Waals surface area contributed by atoms with Crippen molar-refractivity contribution in [1.82, 2.24) is 34.1 Å². The van der Waals surface area contributed by atoms with Crippen LogP contribution >= 0.6 is 11.3 Å². The van der Waals surface area contributed by atoms with Gasteiger partial charge in [-0.3, -0.25) is 0 Å². The van der Waals surface area contributed by atoms with Crippen molar-refractivity contribution in [3.8, 4) is 45.5 Å². The summed E-state index contributed by atoms with van der Waals surface area (Å²) >= 11 is 1.75. The van der Waals surface area contributed by atoms with Crippen LogP contribution in [0.5, 0.6) is 0 Å².